The van der Waals surface area contributed by atoms with Crippen molar-refractivity contribution in [3.05, 3.63) is 28.3 Å². The summed E-state index contributed by atoms with van der Waals surface area (Å²) in [6, 6.07) is 2.62. The van der Waals surface area contributed by atoms with Crippen molar-refractivity contribution in [1.29, 1.82) is 0 Å². The third kappa shape index (κ3) is 5.49. The van der Waals surface area contributed by atoms with Gasteiger partial charge in [0.2, 0.25) is 0 Å². The lowest BCUT2D eigenvalue weighted by Gasteiger charge is -2.17. The van der Waals surface area contributed by atoms with Crippen LogP contribution in [0.15, 0.2) is 17.0 Å². The van der Waals surface area contributed by atoms with Crippen LogP contribution in [0.5, 0.6) is 0 Å². The fraction of sp³-hybridized carbons (Fsp3) is 0.500. The molecular formula is C14H18Cl2O4S. The summed E-state index contributed by atoms with van der Waals surface area (Å²) in [5.74, 6) is -0.597. The summed E-state index contributed by atoms with van der Waals surface area (Å²) < 4.78 is 28.1. The van der Waals surface area contributed by atoms with Gasteiger partial charge < -0.3 is 4.74 Å². The van der Waals surface area contributed by atoms with Gasteiger partial charge in [-0.25, -0.2) is 13.2 Å². The third-order valence-corrected chi connectivity index (χ3v) is 4.76. The number of hydrogen-bond donors (Lipinski definition) is 0. The number of rotatable bonds is 4. The maximum absolute atomic E-state index is 12.0. The Kier molecular flexibility index (Phi) is 5.69. The molecule has 0 unspecified atom stereocenters. The topological polar surface area (TPSA) is 60.4 Å². The van der Waals surface area contributed by atoms with E-state index in [0.29, 0.717) is 12.0 Å². The van der Waals surface area contributed by atoms with Gasteiger partial charge in [0.1, 0.15) is 4.90 Å². The summed E-state index contributed by atoms with van der Waals surface area (Å²) in [6.45, 7) is 7.95. The molecule has 0 N–H and O–H groups in total. The van der Waals surface area contributed by atoms with Crippen molar-refractivity contribution in [3.8, 4) is 0 Å². The standard InChI is InChI=1S/C14H18Cl2O4S/c1-9-7-10(8-11(12(9)15)21(16,18)19)13(17)20-6-5-14(2,3)4/h7-8H,5-6H2,1-4H3. The minimum absolute atomic E-state index is 0.0104. The third-order valence-electron chi connectivity index (χ3n) is 2.80. The molecule has 1 aromatic carbocycles. The van der Waals surface area contributed by atoms with Gasteiger partial charge >= 0.3 is 5.97 Å². The molecule has 0 radical (unpaired) electrons. The lowest BCUT2D eigenvalue weighted by Crippen LogP contribution is -2.13. The van der Waals surface area contributed by atoms with E-state index < -0.39 is 15.0 Å². The summed E-state index contributed by atoms with van der Waals surface area (Å²) in [6.07, 6.45) is 0.700. The Hall–Kier alpha value is -0.780. The van der Waals surface area contributed by atoms with E-state index in [9.17, 15) is 13.2 Å². The highest BCUT2D eigenvalue weighted by molar-refractivity contribution is 8.13. The second kappa shape index (κ2) is 6.55. The highest BCUT2D eigenvalue weighted by atomic mass is 35.7. The number of benzene rings is 1. The molecule has 118 valence electrons. The molecule has 7 heteroatoms. The molecule has 0 heterocycles. The van der Waals surface area contributed by atoms with Crippen LogP contribution in [0.25, 0.3) is 0 Å². The van der Waals surface area contributed by atoms with E-state index in [-0.39, 0.29) is 27.5 Å². The Bertz CT molecular complexity index is 646. The highest BCUT2D eigenvalue weighted by Crippen LogP contribution is 2.29. The number of halogens is 2. The quantitative estimate of drug-likeness (QED) is 0.602. The molecule has 0 aliphatic carbocycles. The molecule has 0 spiro atoms. The molecule has 0 fully saturated rings. The van der Waals surface area contributed by atoms with Gasteiger partial charge in [0.25, 0.3) is 9.05 Å². The summed E-state index contributed by atoms with van der Waals surface area (Å²) in [5.41, 5.74) is 0.604. The van der Waals surface area contributed by atoms with Gasteiger partial charge in [0.05, 0.1) is 17.2 Å². The van der Waals surface area contributed by atoms with Crippen molar-refractivity contribution in [2.24, 2.45) is 5.41 Å². The minimum Gasteiger partial charge on any atom is -0.462 e. The Balaban J connectivity index is 2.99. The Morgan fingerprint density at radius 3 is 2.33 bits per heavy atom. The van der Waals surface area contributed by atoms with Crippen LogP contribution in [0.3, 0.4) is 0 Å². The smallest absolute Gasteiger partial charge is 0.338 e. The SMILES string of the molecule is Cc1cc(C(=O)OCCC(C)(C)C)cc(S(=O)(=O)Cl)c1Cl. The van der Waals surface area contributed by atoms with Crippen molar-refractivity contribution in [1.82, 2.24) is 0 Å². The van der Waals surface area contributed by atoms with Crippen LogP contribution in [0.4, 0.5) is 0 Å². The molecule has 0 aliphatic rings. The van der Waals surface area contributed by atoms with Crippen LogP contribution in [0.1, 0.15) is 43.1 Å². The average molecular weight is 353 g/mol. The first-order valence-electron chi connectivity index (χ1n) is 6.34. The molecule has 4 nitrogen and oxygen atoms in total. The molecule has 0 atom stereocenters. The lowest BCUT2D eigenvalue weighted by molar-refractivity contribution is 0.0464. The predicted molar refractivity (Wildman–Crippen MR) is 83.6 cm³/mol. The van der Waals surface area contributed by atoms with Crippen LogP contribution in [0.2, 0.25) is 5.02 Å². The van der Waals surface area contributed by atoms with Crippen LogP contribution in [-0.2, 0) is 13.8 Å². The minimum atomic E-state index is -4.02. The molecule has 1 aromatic rings. The zero-order valence-corrected chi connectivity index (χ0v) is 14.7. The van der Waals surface area contributed by atoms with Gasteiger partial charge in [-0.3, -0.25) is 0 Å². The number of carbonyl (C=O) groups is 1. The average Bonchev–Trinajstić information content (AvgIpc) is 2.29. The van der Waals surface area contributed by atoms with Gasteiger partial charge in [0.15, 0.2) is 0 Å². The van der Waals surface area contributed by atoms with Gasteiger partial charge in [-0.1, -0.05) is 32.4 Å². The van der Waals surface area contributed by atoms with Crippen LogP contribution in [-0.4, -0.2) is 21.0 Å². The van der Waals surface area contributed by atoms with Crippen molar-refractivity contribution < 1.29 is 17.9 Å². The van der Waals surface area contributed by atoms with E-state index >= 15 is 0 Å². The normalized spacial score (nSPS) is 12.3. The first kappa shape index (κ1) is 18.3. The zero-order chi connectivity index (χ0) is 16.4. The molecular weight excluding hydrogens is 335 g/mol. The zero-order valence-electron chi connectivity index (χ0n) is 12.4. The van der Waals surface area contributed by atoms with Gasteiger partial charge in [0, 0.05) is 10.7 Å². The number of hydrogen-bond acceptors (Lipinski definition) is 4. The van der Waals surface area contributed by atoms with Crippen LogP contribution in [0, 0.1) is 12.3 Å². The van der Waals surface area contributed by atoms with E-state index in [1.165, 1.54) is 6.07 Å². The van der Waals surface area contributed by atoms with E-state index in [4.69, 9.17) is 27.0 Å². The van der Waals surface area contributed by atoms with Crippen molar-refractivity contribution in [3.63, 3.8) is 0 Å². The Morgan fingerprint density at radius 2 is 1.86 bits per heavy atom. The second-order valence-electron chi connectivity index (χ2n) is 5.99. The fourth-order valence-corrected chi connectivity index (χ4v) is 3.11. The predicted octanol–water partition coefficient (Wildman–Crippen LogP) is 4.17. The maximum Gasteiger partial charge on any atom is 0.338 e. The summed E-state index contributed by atoms with van der Waals surface area (Å²) in [7, 11) is 1.29. The Morgan fingerprint density at radius 1 is 1.29 bits per heavy atom. The van der Waals surface area contributed by atoms with E-state index in [1.807, 2.05) is 20.8 Å². The molecule has 0 saturated carbocycles. The first-order valence-corrected chi connectivity index (χ1v) is 9.02. The molecule has 0 aromatic heterocycles. The van der Waals surface area contributed by atoms with Crippen LogP contribution >= 0.6 is 22.3 Å². The fourth-order valence-electron chi connectivity index (χ4n) is 1.57. The largest absolute Gasteiger partial charge is 0.462 e. The number of carbonyl (C=O) groups excluding carboxylic acids is 1. The van der Waals surface area contributed by atoms with Gasteiger partial charge in [-0.15, -0.1) is 0 Å². The highest BCUT2D eigenvalue weighted by Gasteiger charge is 2.21. The number of esters is 1. The summed E-state index contributed by atoms with van der Waals surface area (Å²) in [5, 5.41) is 0.0104. The molecule has 0 saturated heterocycles. The monoisotopic (exact) mass is 352 g/mol. The van der Waals surface area contributed by atoms with Crippen molar-refractivity contribution in [2.75, 3.05) is 6.61 Å². The second-order valence-corrected chi connectivity index (χ2v) is 8.90. The van der Waals surface area contributed by atoms with E-state index in [2.05, 4.69) is 0 Å². The molecule has 1 rings (SSSR count). The molecule has 0 aliphatic heterocycles. The molecule has 21 heavy (non-hydrogen) atoms. The first-order chi connectivity index (χ1) is 9.42. The van der Waals surface area contributed by atoms with Crippen molar-refractivity contribution in [2.45, 2.75) is 39.0 Å². The molecule has 0 amide bonds. The van der Waals surface area contributed by atoms with E-state index in [0.717, 1.165) is 6.07 Å². The lowest BCUT2D eigenvalue weighted by atomic mass is 9.93. The van der Waals surface area contributed by atoms with Gasteiger partial charge in [-0.05, 0) is 36.5 Å². The summed E-state index contributed by atoms with van der Waals surface area (Å²) >= 11 is 5.90. The van der Waals surface area contributed by atoms with E-state index in [1.54, 1.807) is 6.92 Å². The van der Waals surface area contributed by atoms with Crippen LogP contribution < -0.4 is 0 Å². The number of aryl methyl sites for hydroxylation is 1. The van der Waals surface area contributed by atoms with Crippen molar-refractivity contribution >= 4 is 37.3 Å². The summed E-state index contributed by atoms with van der Waals surface area (Å²) in [4.78, 5) is 11.7. The van der Waals surface area contributed by atoms with Gasteiger partial charge in [-0.2, -0.15) is 0 Å². The Labute approximate surface area is 134 Å². The molecule has 0 bridgehead atoms. The maximum atomic E-state index is 12.0. The number of ether oxygens (including phenoxy) is 1.